The highest BCUT2D eigenvalue weighted by Crippen LogP contribution is 2.46. The van der Waals surface area contributed by atoms with Gasteiger partial charge in [-0.15, -0.1) is 6.58 Å². The van der Waals surface area contributed by atoms with E-state index in [1.165, 1.54) is 18.4 Å². The molecule has 2 nitrogen and oxygen atoms in total. The fourth-order valence-electron chi connectivity index (χ4n) is 4.69. The van der Waals surface area contributed by atoms with Crippen LogP contribution in [-0.2, 0) is 4.79 Å². The molecule has 1 aliphatic carbocycles. The molecule has 1 aliphatic heterocycles. The molecule has 4 heteroatoms. The fourth-order valence-corrected chi connectivity index (χ4v) is 4.96. The third kappa shape index (κ3) is 5.47. The van der Waals surface area contributed by atoms with Crippen molar-refractivity contribution in [3.63, 3.8) is 0 Å². The van der Waals surface area contributed by atoms with Crippen molar-refractivity contribution in [1.29, 1.82) is 0 Å². The molecule has 0 aromatic heterocycles. The van der Waals surface area contributed by atoms with E-state index in [2.05, 4.69) is 30.5 Å². The molecular formula is C26H31Cl2NO. The molecule has 2 atom stereocenters. The van der Waals surface area contributed by atoms with Crippen LogP contribution in [-0.4, -0.2) is 16.8 Å². The van der Waals surface area contributed by atoms with E-state index in [-0.39, 0.29) is 11.5 Å². The third-order valence-electron chi connectivity index (χ3n) is 6.36. The molecule has 2 aliphatic rings. The quantitative estimate of drug-likeness (QED) is 0.440. The number of carbonyl (C=O) groups is 1. The number of carbonyl (C=O) groups excluding carboxylic acids is 1. The molecule has 0 radical (unpaired) electrons. The zero-order valence-electron chi connectivity index (χ0n) is 17.7. The highest BCUT2D eigenvalue weighted by Gasteiger charge is 2.46. The molecule has 1 saturated heterocycles. The van der Waals surface area contributed by atoms with Crippen LogP contribution in [0.1, 0.15) is 63.5 Å². The number of nitrogens with zero attached hydrogens (tertiary/aromatic N) is 1. The zero-order valence-corrected chi connectivity index (χ0v) is 19.2. The van der Waals surface area contributed by atoms with Crippen molar-refractivity contribution in [2.24, 2.45) is 5.41 Å². The molecule has 1 amide bonds. The fraction of sp³-hybridized carbons (Fsp3) is 0.423. The van der Waals surface area contributed by atoms with Gasteiger partial charge in [0.1, 0.15) is 0 Å². The first-order chi connectivity index (χ1) is 14.4. The maximum Gasteiger partial charge on any atom is 0.229 e. The molecule has 4 rings (SSSR count). The maximum atomic E-state index is 13.3. The Balaban J connectivity index is 0.000000310. The number of halogens is 2. The van der Waals surface area contributed by atoms with Crippen LogP contribution in [0.15, 0.2) is 67.3 Å². The van der Waals surface area contributed by atoms with Crippen LogP contribution in [0, 0.1) is 5.41 Å². The van der Waals surface area contributed by atoms with E-state index in [0.29, 0.717) is 11.9 Å². The molecule has 2 aromatic carbocycles. The van der Waals surface area contributed by atoms with Gasteiger partial charge in [-0.3, -0.25) is 4.79 Å². The van der Waals surface area contributed by atoms with Gasteiger partial charge in [0, 0.05) is 16.1 Å². The molecule has 2 fully saturated rings. The summed E-state index contributed by atoms with van der Waals surface area (Å²) in [7, 11) is 0. The average Bonchev–Trinajstić information content (AvgIpc) is 3.26. The molecule has 0 bridgehead atoms. The smallest absolute Gasteiger partial charge is 0.229 e. The third-order valence-corrected chi connectivity index (χ3v) is 6.86. The van der Waals surface area contributed by atoms with E-state index >= 15 is 0 Å². The van der Waals surface area contributed by atoms with Gasteiger partial charge in [-0.1, -0.05) is 79.4 Å². The van der Waals surface area contributed by atoms with Crippen LogP contribution in [0.5, 0.6) is 0 Å². The molecule has 30 heavy (non-hydrogen) atoms. The Kier molecular flexibility index (Phi) is 8.02. The van der Waals surface area contributed by atoms with Crippen molar-refractivity contribution >= 4 is 29.1 Å². The van der Waals surface area contributed by atoms with Gasteiger partial charge in [-0.25, -0.2) is 0 Å². The van der Waals surface area contributed by atoms with Crippen molar-refractivity contribution in [2.75, 3.05) is 0 Å². The summed E-state index contributed by atoms with van der Waals surface area (Å²) in [4.78, 5) is 15.5. The Bertz CT molecular complexity index is 830. The van der Waals surface area contributed by atoms with Crippen LogP contribution in [0.4, 0.5) is 0 Å². The summed E-state index contributed by atoms with van der Waals surface area (Å²) in [6.45, 7) is 5.97. The van der Waals surface area contributed by atoms with Crippen LogP contribution in [0.2, 0.25) is 10.0 Å². The highest BCUT2D eigenvalue weighted by molar-refractivity contribution is 6.30. The van der Waals surface area contributed by atoms with E-state index in [0.717, 1.165) is 42.1 Å². The van der Waals surface area contributed by atoms with Gasteiger partial charge in [0.2, 0.25) is 5.91 Å². The second-order valence-corrected chi connectivity index (χ2v) is 9.48. The predicted molar refractivity (Wildman–Crippen MR) is 127 cm³/mol. The van der Waals surface area contributed by atoms with Gasteiger partial charge in [0.15, 0.2) is 0 Å². The Hall–Kier alpha value is -1.77. The maximum absolute atomic E-state index is 13.3. The predicted octanol–water partition coefficient (Wildman–Crippen LogP) is 7.87. The largest absolute Gasteiger partial charge is 0.332 e. The van der Waals surface area contributed by atoms with E-state index in [9.17, 15) is 4.79 Å². The van der Waals surface area contributed by atoms with E-state index in [1.807, 2.05) is 48.5 Å². The summed E-state index contributed by atoms with van der Waals surface area (Å²) in [6, 6.07) is 18.1. The topological polar surface area (TPSA) is 20.3 Å². The first-order valence-electron chi connectivity index (χ1n) is 10.8. The number of amides is 1. The lowest BCUT2D eigenvalue weighted by molar-refractivity contribution is -0.152. The van der Waals surface area contributed by atoms with Crippen molar-refractivity contribution in [3.8, 4) is 0 Å². The highest BCUT2D eigenvalue weighted by atomic mass is 35.5. The Morgan fingerprint density at radius 1 is 1.00 bits per heavy atom. The molecule has 2 aromatic rings. The van der Waals surface area contributed by atoms with Gasteiger partial charge < -0.3 is 4.90 Å². The molecule has 0 spiro atoms. The van der Waals surface area contributed by atoms with Gasteiger partial charge in [0.05, 0.1) is 11.5 Å². The number of hydrogen-bond acceptors (Lipinski definition) is 1. The van der Waals surface area contributed by atoms with Crippen molar-refractivity contribution < 1.29 is 4.79 Å². The lowest BCUT2D eigenvalue weighted by Gasteiger charge is -2.47. The molecule has 1 saturated carbocycles. The van der Waals surface area contributed by atoms with Crippen LogP contribution >= 0.6 is 23.2 Å². The van der Waals surface area contributed by atoms with Gasteiger partial charge >= 0.3 is 0 Å². The molecular weight excluding hydrogens is 413 g/mol. The van der Waals surface area contributed by atoms with Gasteiger partial charge in [-0.2, -0.15) is 0 Å². The van der Waals surface area contributed by atoms with Crippen LogP contribution < -0.4 is 0 Å². The number of rotatable bonds is 4. The molecule has 0 N–H and O–H groups in total. The number of allylic oxidation sites excluding steroid dienone is 1. The first kappa shape index (κ1) is 22.9. The van der Waals surface area contributed by atoms with Gasteiger partial charge in [0.25, 0.3) is 0 Å². The molecule has 2 unspecified atom stereocenters. The van der Waals surface area contributed by atoms with Crippen LogP contribution in [0.3, 0.4) is 0 Å². The average molecular weight is 444 g/mol. The van der Waals surface area contributed by atoms with Crippen molar-refractivity contribution in [2.45, 2.75) is 64.0 Å². The minimum atomic E-state index is -0.284. The van der Waals surface area contributed by atoms with Crippen molar-refractivity contribution in [3.05, 3.63) is 82.9 Å². The summed E-state index contributed by atoms with van der Waals surface area (Å²) in [5.41, 5.74) is 0.933. The first-order valence-corrected chi connectivity index (χ1v) is 11.6. The summed E-state index contributed by atoms with van der Waals surface area (Å²) < 4.78 is 0. The Morgan fingerprint density at radius 2 is 1.60 bits per heavy atom. The SMILES string of the molecule is C=CCC1(C)CCC(c2ccc(Cl)cc2)N(C2CCCC2)C1=O.Clc1ccccc1. The summed E-state index contributed by atoms with van der Waals surface area (Å²) in [6.07, 6.45) is 9.36. The Morgan fingerprint density at radius 3 is 2.13 bits per heavy atom. The van der Waals surface area contributed by atoms with Gasteiger partial charge in [-0.05, 0) is 61.9 Å². The molecule has 160 valence electrons. The summed E-state index contributed by atoms with van der Waals surface area (Å²) in [5, 5.41) is 1.54. The summed E-state index contributed by atoms with van der Waals surface area (Å²) in [5.74, 6) is 0.315. The van der Waals surface area contributed by atoms with Crippen molar-refractivity contribution in [1.82, 2.24) is 4.90 Å². The molecule has 1 heterocycles. The second kappa shape index (κ2) is 10.5. The minimum Gasteiger partial charge on any atom is -0.332 e. The monoisotopic (exact) mass is 443 g/mol. The van der Waals surface area contributed by atoms with E-state index in [4.69, 9.17) is 23.2 Å². The van der Waals surface area contributed by atoms with E-state index < -0.39 is 0 Å². The standard InChI is InChI=1S/C20H26ClNO.C6H5Cl/c1-3-13-20(2)14-12-18(15-8-10-16(21)11-9-15)22(19(20)23)17-6-4-5-7-17;7-6-4-2-1-3-5-6/h3,8-11,17-18H,1,4-7,12-14H2,2H3;1-5H. The Labute approximate surface area is 190 Å². The van der Waals surface area contributed by atoms with E-state index in [1.54, 1.807) is 0 Å². The number of likely N-dealkylation sites (tertiary alicyclic amines) is 1. The number of piperidine rings is 1. The lowest BCUT2D eigenvalue weighted by Crippen LogP contribution is -2.52. The minimum absolute atomic E-state index is 0.195. The number of hydrogen-bond donors (Lipinski definition) is 0. The lowest BCUT2D eigenvalue weighted by atomic mass is 9.74. The second-order valence-electron chi connectivity index (χ2n) is 8.61. The zero-order chi connectivity index (χ0) is 21.6. The number of benzene rings is 2. The van der Waals surface area contributed by atoms with Crippen LogP contribution in [0.25, 0.3) is 0 Å². The normalized spacial score (nSPS) is 24.3. The summed E-state index contributed by atoms with van der Waals surface area (Å²) >= 11 is 11.6.